The molecule has 7 aromatic rings. The van der Waals surface area contributed by atoms with Crippen LogP contribution in [0.1, 0.15) is 58.2 Å². The van der Waals surface area contributed by atoms with Crippen LogP contribution in [-0.4, -0.2) is 220 Å². The van der Waals surface area contributed by atoms with E-state index in [-0.39, 0.29) is 113 Å². The van der Waals surface area contributed by atoms with Crippen LogP contribution in [0.5, 0.6) is 0 Å². The van der Waals surface area contributed by atoms with E-state index in [4.69, 9.17) is 14.2 Å². The summed E-state index contributed by atoms with van der Waals surface area (Å²) in [6.07, 6.45) is 1.01. The van der Waals surface area contributed by atoms with Gasteiger partial charge in [0.15, 0.2) is 0 Å². The van der Waals surface area contributed by atoms with Gasteiger partial charge in [-0.15, -0.1) is 0 Å². The predicted molar refractivity (Wildman–Crippen MR) is 396 cm³/mol. The van der Waals surface area contributed by atoms with Crippen molar-refractivity contribution in [2.24, 2.45) is 0 Å². The Labute approximate surface area is 611 Å². The van der Waals surface area contributed by atoms with Gasteiger partial charge in [-0.05, 0) is 153 Å². The number of nitrogens with zero attached hydrogens (tertiary/aromatic N) is 7. The molecule has 1 saturated heterocycles. The summed E-state index contributed by atoms with van der Waals surface area (Å²) in [7, 11) is -31.0. The first kappa shape index (κ1) is 82.4. The topological polar surface area (TPSA) is 289 Å². The first-order valence-corrected chi connectivity index (χ1v) is 44.0. The van der Waals surface area contributed by atoms with Gasteiger partial charge in [0.1, 0.15) is 0 Å². The average Bonchev–Trinajstić information content (AvgIpc) is 0.800. The first-order chi connectivity index (χ1) is 48.7. The molecule has 31 heteroatoms. The third-order valence-corrected chi connectivity index (χ3v) is 31.0. The van der Waals surface area contributed by atoms with Gasteiger partial charge < -0.3 is 14.2 Å². The van der Waals surface area contributed by atoms with E-state index in [1.54, 1.807) is 126 Å². The second-order valence-corrected chi connectivity index (χ2v) is 39.0. The van der Waals surface area contributed by atoms with Crippen LogP contribution in [0.4, 0.5) is 0 Å². The lowest BCUT2D eigenvalue weighted by molar-refractivity contribution is 0.0412. The molecule has 0 spiro atoms. The number of hydrogen-bond donors (Lipinski definition) is 0. The van der Waals surface area contributed by atoms with Crippen molar-refractivity contribution in [2.75, 3.05) is 131 Å². The smallest absolute Gasteiger partial charge is 0.243 e. The van der Waals surface area contributed by atoms with Gasteiger partial charge in [0, 0.05) is 98.2 Å². The molecule has 8 rings (SSSR count). The minimum Gasteiger partial charge on any atom is -0.380 e. The molecule has 1 aliphatic heterocycles. The largest absolute Gasteiger partial charge is 0.380 e. The van der Waals surface area contributed by atoms with Gasteiger partial charge in [-0.1, -0.05) is 124 Å². The molecule has 1 fully saturated rings. The third-order valence-electron chi connectivity index (χ3n) is 17.6. The molecule has 0 saturated carbocycles. The number of benzene rings is 7. The molecule has 1 heterocycles. The van der Waals surface area contributed by atoms with Crippen molar-refractivity contribution in [1.82, 2.24) is 30.1 Å². The summed E-state index contributed by atoms with van der Waals surface area (Å²) < 4.78 is 233. The molecular formula is C72H95N7O17S7. The maximum Gasteiger partial charge on any atom is 0.243 e. The number of hydrogen-bond acceptors (Lipinski definition) is 17. The van der Waals surface area contributed by atoms with Crippen molar-refractivity contribution in [3.05, 3.63) is 209 Å². The predicted octanol–water partition coefficient (Wildman–Crippen LogP) is 8.22. The molecule has 562 valence electrons. The van der Waals surface area contributed by atoms with E-state index >= 15 is 16.8 Å². The Morgan fingerprint density at radius 1 is 0.184 bits per heavy atom. The van der Waals surface area contributed by atoms with Crippen LogP contribution in [0, 0.1) is 48.5 Å². The highest BCUT2D eigenvalue weighted by atomic mass is 32.2. The van der Waals surface area contributed by atoms with Crippen LogP contribution in [0.25, 0.3) is 0 Å². The molecular weight excluding hydrogens is 1460 g/mol. The van der Waals surface area contributed by atoms with Crippen LogP contribution in [0.15, 0.2) is 204 Å². The summed E-state index contributed by atoms with van der Waals surface area (Å²) in [5.74, 6) is 0. The summed E-state index contributed by atoms with van der Waals surface area (Å²) in [5, 5.41) is 0. The molecule has 1 aliphatic rings. The second-order valence-electron chi connectivity index (χ2n) is 25.4. The minimum absolute atomic E-state index is 0.0315. The summed E-state index contributed by atoms with van der Waals surface area (Å²) in [6.45, 7) is 6.19. The van der Waals surface area contributed by atoms with Crippen molar-refractivity contribution in [3.63, 3.8) is 0 Å². The zero-order valence-electron chi connectivity index (χ0n) is 59.4. The van der Waals surface area contributed by atoms with E-state index in [1.165, 1.54) is 89.2 Å². The van der Waals surface area contributed by atoms with E-state index < -0.39 is 129 Å². The van der Waals surface area contributed by atoms with Crippen LogP contribution in [-0.2, 0) is 84.4 Å². The normalized spacial score (nSPS) is 18.1. The molecule has 24 nitrogen and oxygen atoms in total. The lowest BCUT2D eigenvalue weighted by Crippen LogP contribution is -2.47. The number of ether oxygens (including phenoxy) is 3. The molecule has 0 unspecified atom stereocenters. The monoisotopic (exact) mass is 1550 g/mol. The van der Waals surface area contributed by atoms with E-state index in [9.17, 15) is 42.1 Å². The molecule has 7 aromatic carbocycles. The molecule has 0 bridgehead atoms. The lowest BCUT2D eigenvalue weighted by atomic mass is 10.2. The van der Waals surface area contributed by atoms with Crippen LogP contribution < -0.4 is 0 Å². The number of sulfonamides is 7. The van der Waals surface area contributed by atoms with Gasteiger partial charge in [-0.2, -0.15) is 30.1 Å². The molecule has 0 N–H and O–H groups in total. The highest BCUT2D eigenvalue weighted by Crippen LogP contribution is 2.27. The molecule has 0 aliphatic carbocycles. The summed E-state index contributed by atoms with van der Waals surface area (Å²) in [6, 6.07) is 42.7. The Morgan fingerprint density at radius 3 is 0.524 bits per heavy atom. The number of rotatable bonds is 14. The Kier molecular flexibility index (Phi) is 29.5. The summed E-state index contributed by atoms with van der Waals surface area (Å²) in [4.78, 5) is -0.709. The molecule has 0 aromatic heterocycles. The highest BCUT2D eigenvalue weighted by molar-refractivity contribution is 7.91. The number of aryl methyl sites for hydroxylation is 7. The maximum absolute atomic E-state index is 15.0. The standard InChI is InChI=1S/C72H95N7O17S7/c1-59-11-25-66(26-12-59)97(80,81)73-39-9-8-10-53-94-54-50-77(101(88,89)70-33-19-63(5)20-34-70)47-45-75(99(84,85)68-29-15-61(3)16-30-68)42-43-76(100(86,87)69-31-17-62(4)18-32-69)46-49-79(103(92,93)72-37-23-65(7)24-38-72)52-56-96-58-57-95-55-51-78(102(90,91)71-35-21-64(6)22-36-71)48-44-74(41-40-73)98(82,83)67-27-13-60(2)14-28-67/h11-38H,8-10,39-58H2,1-7H3. The minimum atomic E-state index is -4.56. The van der Waals surface area contributed by atoms with Crippen LogP contribution in [0.3, 0.4) is 0 Å². The third kappa shape index (κ3) is 22.2. The van der Waals surface area contributed by atoms with Gasteiger partial charge in [0.25, 0.3) is 0 Å². The molecule has 0 atom stereocenters. The van der Waals surface area contributed by atoms with Gasteiger partial charge in [0.05, 0.1) is 67.3 Å². The van der Waals surface area contributed by atoms with Gasteiger partial charge in [-0.3, -0.25) is 0 Å². The average molecular weight is 1560 g/mol. The van der Waals surface area contributed by atoms with Crippen molar-refractivity contribution < 1.29 is 73.1 Å². The molecule has 0 amide bonds. The lowest BCUT2D eigenvalue weighted by Gasteiger charge is -2.30. The zero-order chi connectivity index (χ0) is 74.8. The van der Waals surface area contributed by atoms with Gasteiger partial charge in [0.2, 0.25) is 70.2 Å². The van der Waals surface area contributed by atoms with Crippen LogP contribution >= 0.6 is 0 Å². The fourth-order valence-electron chi connectivity index (χ4n) is 11.2. The Hall–Kier alpha value is -6.21. The van der Waals surface area contributed by atoms with E-state index in [1.807, 2.05) is 6.92 Å². The highest BCUT2D eigenvalue weighted by Gasteiger charge is 2.36. The van der Waals surface area contributed by atoms with Crippen molar-refractivity contribution >= 4 is 70.2 Å². The Bertz CT molecular complexity index is 4470. The van der Waals surface area contributed by atoms with Gasteiger partial charge in [-0.25, -0.2) is 58.9 Å². The van der Waals surface area contributed by atoms with Crippen molar-refractivity contribution in [2.45, 2.75) is 102 Å². The Morgan fingerprint density at radius 2 is 0.340 bits per heavy atom. The van der Waals surface area contributed by atoms with E-state index in [2.05, 4.69) is 0 Å². The summed E-state index contributed by atoms with van der Waals surface area (Å²) in [5.41, 5.74) is 5.40. The van der Waals surface area contributed by atoms with E-state index in [0.717, 1.165) is 64.8 Å². The quantitative estimate of drug-likeness (QED) is 0.0990. The first-order valence-electron chi connectivity index (χ1n) is 33.9. The molecule has 0 radical (unpaired) electrons. The van der Waals surface area contributed by atoms with Crippen molar-refractivity contribution in [3.8, 4) is 0 Å². The maximum atomic E-state index is 15.0. The zero-order valence-corrected chi connectivity index (χ0v) is 65.1. The van der Waals surface area contributed by atoms with Gasteiger partial charge >= 0.3 is 0 Å². The Balaban J connectivity index is 1.15. The summed E-state index contributed by atoms with van der Waals surface area (Å²) >= 11 is 0. The fourth-order valence-corrected chi connectivity index (χ4v) is 21.2. The fraction of sp³-hybridized carbons (Fsp3) is 0.417. The second kappa shape index (κ2) is 36.9. The van der Waals surface area contributed by atoms with Crippen LogP contribution in [0.2, 0.25) is 0 Å². The van der Waals surface area contributed by atoms with E-state index in [0.29, 0.717) is 12.8 Å². The SMILES string of the molecule is Cc1ccc(S(=O)(=O)N2CCCCCOCCN(S(=O)(=O)c3ccc(C)cc3)CCN(S(=O)(=O)c3ccc(C)cc3)CCN(S(=O)(=O)c3ccc(C)cc3)CCN(S(=O)(=O)c3ccc(C)cc3)CCOCCOCCN(S(=O)(=O)c3ccc(C)cc3)CCN(S(=O)(=O)c3ccc(C)cc3)CC2)cc1. The van der Waals surface area contributed by atoms with Crippen molar-refractivity contribution in [1.29, 1.82) is 0 Å². The molecule has 103 heavy (non-hydrogen) atoms.